The van der Waals surface area contributed by atoms with E-state index in [1.807, 2.05) is 23.5 Å². The summed E-state index contributed by atoms with van der Waals surface area (Å²) >= 11 is 5.22. The van der Waals surface area contributed by atoms with Gasteiger partial charge in [-0.3, -0.25) is 9.59 Å². The number of hydrogen-bond donors (Lipinski definition) is 0. The molecule has 0 aromatic heterocycles. The molecule has 0 spiro atoms. The van der Waals surface area contributed by atoms with Crippen molar-refractivity contribution < 1.29 is 9.59 Å². The lowest BCUT2D eigenvalue weighted by Crippen LogP contribution is -2.30. The minimum absolute atomic E-state index is 0.00195. The van der Waals surface area contributed by atoms with Gasteiger partial charge < -0.3 is 0 Å². The van der Waals surface area contributed by atoms with E-state index in [1.54, 1.807) is 6.92 Å². The summed E-state index contributed by atoms with van der Waals surface area (Å²) in [5.74, 6) is 4.46. The lowest BCUT2D eigenvalue weighted by molar-refractivity contribution is -0.128. The number of hydrogen-bond acceptors (Lipinski definition) is 5. The normalized spacial score (nSPS) is 23.3. The van der Waals surface area contributed by atoms with Crippen LogP contribution in [0.1, 0.15) is 32.6 Å². The van der Waals surface area contributed by atoms with Crippen molar-refractivity contribution in [1.82, 2.24) is 0 Å². The maximum atomic E-state index is 12.2. The Morgan fingerprint density at radius 2 is 1.63 bits per heavy atom. The second-order valence-electron chi connectivity index (χ2n) is 4.88. The Balaban J connectivity index is 2.25. The Labute approximate surface area is 129 Å². The summed E-state index contributed by atoms with van der Waals surface area (Å²) in [6.07, 6.45) is 6.14. The van der Waals surface area contributed by atoms with Gasteiger partial charge in [0.15, 0.2) is 5.12 Å². The summed E-state index contributed by atoms with van der Waals surface area (Å²) in [6, 6.07) is 0. The van der Waals surface area contributed by atoms with Crippen LogP contribution in [-0.2, 0) is 9.59 Å². The predicted octanol–water partition coefficient (Wildman–Crippen LogP) is 3.74. The molecule has 0 bridgehead atoms. The molecule has 2 nitrogen and oxygen atoms in total. The Morgan fingerprint density at radius 3 is 2.26 bits per heavy atom. The monoisotopic (exact) mass is 320 g/mol. The van der Waals surface area contributed by atoms with Crippen LogP contribution in [0.15, 0.2) is 0 Å². The highest BCUT2D eigenvalue weighted by atomic mass is 32.2. The van der Waals surface area contributed by atoms with Gasteiger partial charge in [-0.15, -0.1) is 0 Å². The van der Waals surface area contributed by atoms with E-state index >= 15 is 0 Å². The van der Waals surface area contributed by atoms with E-state index in [9.17, 15) is 9.59 Å². The van der Waals surface area contributed by atoms with Gasteiger partial charge >= 0.3 is 0 Å². The zero-order chi connectivity index (χ0) is 14.1. The van der Waals surface area contributed by atoms with E-state index in [-0.39, 0.29) is 22.7 Å². The molecule has 0 aromatic rings. The van der Waals surface area contributed by atoms with E-state index in [0.717, 1.165) is 42.9 Å². The van der Waals surface area contributed by atoms with Gasteiger partial charge in [-0.2, -0.15) is 23.5 Å². The maximum absolute atomic E-state index is 12.2. The van der Waals surface area contributed by atoms with Gasteiger partial charge in [0.25, 0.3) is 0 Å². The number of thioether (sulfide) groups is 3. The van der Waals surface area contributed by atoms with Crippen molar-refractivity contribution in [3.63, 3.8) is 0 Å². The molecule has 0 radical (unpaired) electrons. The van der Waals surface area contributed by atoms with E-state index in [2.05, 4.69) is 6.26 Å². The fourth-order valence-electron chi connectivity index (χ4n) is 2.45. The van der Waals surface area contributed by atoms with Gasteiger partial charge in [0, 0.05) is 34.8 Å². The van der Waals surface area contributed by atoms with Crippen LogP contribution < -0.4 is 0 Å². The van der Waals surface area contributed by atoms with E-state index in [4.69, 9.17) is 0 Å². The molecular weight excluding hydrogens is 296 g/mol. The topological polar surface area (TPSA) is 34.1 Å². The lowest BCUT2D eigenvalue weighted by atomic mass is 9.78. The molecule has 110 valence electrons. The van der Waals surface area contributed by atoms with Gasteiger partial charge in [-0.25, -0.2) is 0 Å². The number of rotatable bonds is 8. The standard InChI is InChI=1S/C14H24O2S3/c1-11(15)12-5-3-4-6-13(12)14(16)19-10-9-18-8-7-17-2/h12-13H,3-10H2,1-2H3. The van der Waals surface area contributed by atoms with Crippen LogP contribution in [0.3, 0.4) is 0 Å². The van der Waals surface area contributed by atoms with Crippen molar-refractivity contribution in [1.29, 1.82) is 0 Å². The Hall–Kier alpha value is 0.390. The highest BCUT2D eigenvalue weighted by Crippen LogP contribution is 2.34. The van der Waals surface area contributed by atoms with E-state index in [0.29, 0.717) is 0 Å². The molecule has 0 heterocycles. The third-order valence-corrected chi connectivity index (χ3v) is 6.60. The van der Waals surface area contributed by atoms with Gasteiger partial charge in [0.1, 0.15) is 5.78 Å². The van der Waals surface area contributed by atoms with Crippen LogP contribution >= 0.6 is 35.3 Å². The molecule has 5 heteroatoms. The maximum Gasteiger partial charge on any atom is 0.192 e. The highest BCUT2D eigenvalue weighted by molar-refractivity contribution is 8.14. The molecule has 2 unspecified atom stereocenters. The molecule has 0 aliphatic heterocycles. The minimum atomic E-state index is -0.00699. The molecule has 2 atom stereocenters. The van der Waals surface area contributed by atoms with Crippen LogP contribution in [0.5, 0.6) is 0 Å². The molecule has 0 amide bonds. The Bertz CT molecular complexity index is 294. The number of Topliss-reactive ketones (excluding diaryl/α,β-unsaturated/α-hetero) is 1. The first kappa shape index (κ1) is 17.4. The minimum Gasteiger partial charge on any atom is -0.300 e. The average Bonchev–Trinajstić information content (AvgIpc) is 2.42. The molecule has 1 aliphatic rings. The summed E-state index contributed by atoms with van der Waals surface area (Å²) in [6.45, 7) is 1.64. The first-order chi connectivity index (χ1) is 9.16. The van der Waals surface area contributed by atoms with Crippen molar-refractivity contribution in [3.8, 4) is 0 Å². The largest absolute Gasteiger partial charge is 0.300 e. The third kappa shape index (κ3) is 6.58. The van der Waals surface area contributed by atoms with Gasteiger partial charge in [0.05, 0.1) is 0 Å². The molecule has 0 saturated heterocycles. The molecule has 19 heavy (non-hydrogen) atoms. The summed E-state index contributed by atoms with van der Waals surface area (Å²) in [5, 5.41) is 0.255. The molecule has 1 fully saturated rings. The van der Waals surface area contributed by atoms with Crippen molar-refractivity contribution in [2.45, 2.75) is 32.6 Å². The summed E-state index contributed by atoms with van der Waals surface area (Å²) in [4.78, 5) is 23.8. The smallest absolute Gasteiger partial charge is 0.192 e. The van der Waals surface area contributed by atoms with Crippen LogP contribution in [0.4, 0.5) is 0 Å². The van der Waals surface area contributed by atoms with Crippen LogP contribution in [0, 0.1) is 11.8 Å². The quantitative estimate of drug-likeness (QED) is 0.637. The number of ketones is 1. The van der Waals surface area contributed by atoms with Crippen LogP contribution in [0.25, 0.3) is 0 Å². The zero-order valence-electron chi connectivity index (χ0n) is 11.9. The first-order valence-electron chi connectivity index (χ1n) is 6.90. The lowest BCUT2D eigenvalue weighted by Gasteiger charge is -2.28. The van der Waals surface area contributed by atoms with Crippen molar-refractivity contribution in [2.75, 3.05) is 29.3 Å². The second-order valence-corrected chi connectivity index (χ2v) is 8.19. The summed E-state index contributed by atoms with van der Waals surface area (Å²) in [7, 11) is 0. The van der Waals surface area contributed by atoms with Crippen molar-refractivity contribution >= 4 is 46.2 Å². The van der Waals surface area contributed by atoms with E-state index < -0.39 is 0 Å². The number of carbonyl (C=O) groups is 2. The Morgan fingerprint density at radius 1 is 1.00 bits per heavy atom. The SMILES string of the molecule is CSCCSCCSC(=O)C1CCCCC1C(C)=O. The summed E-state index contributed by atoms with van der Waals surface area (Å²) < 4.78 is 0. The van der Waals surface area contributed by atoms with Gasteiger partial charge in [-0.1, -0.05) is 24.6 Å². The van der Waals surface area contributed by atoms with Crippen LogP contribution in [0.2, 0.25) is 0 Å². The highest BCUT2D eigenvalue weighted by Gasteiger charge is 2.33. The third-order valence-electron chi connectivity index (χ3n) is 3.49. The first-order valence-corrected chi connectivity index (χ1v) is 10.4. The molecule has 0 N–H and O–H groups in total. The second kappa shape index (κ2) is 10.2. The molecular formula is C14H24O2S3. The molecule has 1 saturated carbocycles. The molecule has 0 aromatic carbocycles. The van der Waals surface area contributed by atoms with Gasteiger partial charge in [0.2, 0.25) is 0 Å². The fourth-order valence-corrected chi connectivity index (χ4v) is 5.30. The Kier molecular flexibility index (Phi) is 9.33. The predicted molar refractivity (Wildman–Crippen MR) is 89.3 cm³/mol. The molecule has 1 rings (SSSR count). The average molecular weight is 321 g/mol. The van der Waals surface area contributed by atoms with Crippen LogP contribution in [-0.4, -0.2) is 40.2 Å². The van der Waals surface area contributed by atoms with Gasteiger partial charge in [-0.05, 0) is 26.0 Å². The summed E-state index contributed by atoms with van der Waals surface area (Å²) in [5.41, 5.74) is 0. The molecule has 1 aliphatic carbocycles. The number of carbonyl (C=O) groups excluding carboxylic acids is 2. The zero-order valence-corrected chi connectivity index (χ0v) is 14.3. The van der Waals surface area contributed by atoms with Crippen molar-refractivity contribution in [2.24, 2.45) is 11.8 Å². The fraction of sp³-hybridized carbons (Fsp3) is 0.857. The van der Waals surface area contributed by atoms with Crippen molar-refractivity contribution in [3.05, 3.63) is 0 Å². The van der Waals surface area contributed by atoms with E-state index in [1.165, 1.54) is 17.5 Å².